The molecule has 1 saturated heterocycles. The second-order valence-electron chi connectivity index (χ2n) is 5.05. The van der Waals surface area contributed by atoms with Gasteiger partial charge < -0.3 is 15.2 Å². The van der Waals surface area contributed by atoms with Crippen LogP contribution in [0, 0.1) is 0 Å². The largest absolute Gasteiger partial charge is 0.508 e. The van der Waals surface area contributed by atoms with E-state index in [1.807, 2.05) is 18.2 Å². The van der Waals surface area contributed by atoms with Gasteiger partial charge in [-0.15, -0.1) is 0 Å². The van der Waals surface area contributed by atoms with Crippen molar-refractivity contribution >= 4 is 0 Å². The summed E-state index contributed by atoms with van der Waals surface area (Å²) in [5, 5.41) is 13.1. The van der Waals surface area contributed by atoms with Crippen molar-refractivity contribution in [3.8, 4) is 5.75 Å². The van der Waals surface area contributed by atoms with Gasteiger partial charge in [-0.3, -0.25) is 0 Å². The third-order valence-corrected chi connectivity index (χ3v) is 3.69. The van der Waals surface area contributed by atoms with Gasteiger partial charge in [-0.1, -0.05) is 19.1 Å². The van der Waals surface area contributed by atoms with Gasteiger partial charge in [-0.2, -0.15) is 0 Å². The summed E-state index contributed by atoms with van der Waals surface area (Å²) in [4.78, 5) is 0. The van der Waals surface area contributed by atoms with E-state index in [-0.39, 0.29) is 6.04 Å². The Bertz CT molecular complexity index is 375. The number of ether oxygens (including phenoxy) is 1. The number of rotatable bonds is 5. The van der Waals surface area contributed by atoms with Gasteiger partial charge in [-0.25, -0.2) is 0 Å². The highest BCUT2D eigenvalue weighted by Crippen LogP contribution is 2.22. The third kappa shape index (κ3) is 3.24. The molecule has 0 aromatic heterocycles. The molecule has 1 aromatic carbocycles. The Morgan fingerprint density at radius 3 is 2.94 bits per heavy atom. The van der Waals surface area contributed by atoms with Gasteiger partial charge in [0.1, 0.15) is 5.75 Å². The highest BCUT2D eigenvalue weighted by molar-refractivity contribution is 5.29. The van der Waals surface area contributed by atoms with Crippen LogP contribution < -0.4 is 5.32 Å². The highest BCUT2D eigenvalue weighted by atomic mass is 16.5. The van der Waals surface area contributed by atoms with Gasteiger partial charge in [0, 0.05) is 18.7 Å². The van der Waals surface area contributed by atoms with Crippen molar-refractivity contribution in [2.24, 2.45) is 0 Å². The zero-order valence-corrected chi connectivity index (χ0v) is 11.2. The average Bonchev–Trinajstić information content (AvgIpc) is 2.89. The molecule has 1 aliphatic heterocycles. The summed E-state index contributed by atoms with van der Waals surface area (Å²) in [5.74, 6) is 0.325. The molecule has 0 amide bonds. The van der Waals surface area contributed by atoms with E-state index in [0.717, 1.165) is 25.0 Å². The minimum atomic E-state index is 0.228. The van der Waals surface area contributed by atoms with Gasteiger partial charge in [0.25, 0.3) is 0 Å². The van der Waals surface area contributed by atoms with Gasteiger partial charge in [0.05, 0.1) is 6.10 Å². The molecule has 1 heterocycles. The molecule has 1 aromatic rings. The van der Waals surface area contributed by atoms with E-state index in [0.29, 0.717) is 17.9 Å². The lowest BCUT2D eigenvalue weighted by Gasteiger charge is -2.27. The Labute approximate surface area is 109 Å². The molecule has 2 N–H and O–H groups in total. The first-order valence-electron chi connectivity index (χ1n) is 6.87. The van der Waals surface area contributed by atoms with Crippen LogP contribution in [0.5, 0.6) is 5.75 Å². The number of phenols is 1. The van der Waals surface area contributed by atoms with Gasteiger partial charge >= 0.3 is 0 Å². The summed E-state index contributed by atoms with van der Waals surface area (Å²) in [5.41, 5.74) is 1.12. The summed E-state index contributed by atoms with van der Waals surface area (Å²) in [7, 11) is 0. The summed E-state index contributed by atoms with van der Waals surface area (Å²) in [6.45, 7) is 5.21. The average molecular weight is 249 g/mol. The Kier molecular flexibility index (Phi) is 4.61. The Hall–Kier alpha value is -1.06. The predicted octanol–water partition coefficient (Wildman–Crippen LogP) is 3.00. The highest BCUT2D eigenvalue weighted by Gasteiger charge is 2.25. The van der Waals surface area contributed by atoms with Crippen molar-refractivity contribution in [3.05, 3.63) is 29.8 Å². The number of phenolic OH excluding ortho intramolecular Hbond substituents is 1. The molecule has 1 aliphatic rings. The van der Waals surface area contributed by atoms with Crippen molar-refractivity contribution in [2.45, 2.75) is 51.3 Å². The molecular weight excluding hydrogens is 226 g/mol. The fourth-order valence-corrected chi connectivity index (χ4v) is 2.62. The smallest absolute Gasteiger partial charge is 0.115 e. The number of benzene rings is 1. The zero-order valence-electron chi connectivity index (χ0n) is 11.2. The van der Waals surface area contributed by atoms with Crippen LogP contribution in [0.15, 0.2) is 24.3 Å². The van der Waals surface area contributed by atoms with Crippen LogP contribution in [0.3, 0.4) is 0 Å². The normalized spacial score (nSPS) is 22.9. The summed E-state index contributed by atoms with van der Waals surface area (Å²) < 4.78 is 5.75. The van der Waals surface area contributed by atoms with Crippen LogP contribution in [0.1, 0.15) is 44.7 Å². The quantitative estimate of drug-likeness (QED) is 0.843. The molecule has 100 valence electrons. The molecule has 0 unspecified atom stereocenters. The molecule has 3 nitrogen and oxygen atoms in total. The van der Waals surface area contributed by atoms with Gasteiger partial charge in [-0.05, 0) is 43.9 Å². The Morgan fingerprint density at radius 2 is 2.33 bits per heavy atom. The Morgan fingerprint density at radius 1 is 1.50 bits per heavy atom. The van der Waals surface area contributed by atoms with E-state index in [1.54, 1.807) is 6.07 Å². The van der Waals surface area contributed by atoms with Crippen LogP contribution in [0.4, 0.5) is 0 Å². The zero-order chi connectivity index (χ0) is 13.0. The molecule has 18 heavy (non-hydrogen) atoms. The van der Waals surface area contributed by atoms with Crippen LogP contribution in [0.2, 0.25) is 0 Å². The van der Waals surface area contributed by atoms with E-state index < -0.39 is 0 Å². The maximum Gasteiger partial charge on any atom is 0.115 e. The Balaban J connectivity index is 1.98. The maximum atomic E-state index is 9.51. The molecule has 0 aliphatic carbocycles. The minimum Gasteiger partial charge on any atom is -0.508 e. The first-order chi connectivity index (χ1) is 8.70. The summed E-state index contributed by atoms with van der Waals surface area (Å²) in [6, 6.07) is 8.07. The van der Waals surface area contributed by atoms with Crippen LogP contribution in [-0.4, -0.2) is 23.9 Å². The predicted molar refractivity (Wildman–Crippen MR) is 72.7 cm³/mol. The van der Waals surface area contributed by atoms with Gasteiger partial charge in [0.2, 0.25) is 0 Å². The summed E-state index contributed by atoms with van der Waals surface area (Å²) >= 11 is 0. The van der Waals surface area contributed by atoms with E-state index >= 15 is 0 Å². The van der Waals surface area contributed by atoms with E-state index in [9.17, 15) is 5.11 Å². The molecule has 3 atom stereocenters. The fraction of sp³-hybridized carbons (Fsp3) is 0.600. The summed E-state index contributed by atoms with van der Waals surface area (Å²) in [6.07, 6.45) is 3.73. The number of hydrogen-bond donors (Lipinski definition) is 2. The lowest BCUT2D eigenvalue weighted by atomic mass is 10.0. The first kappa shape index (κ1) is 13.4. The lowest BCUT2D eigenvalue weighted by Crippen LogP contribution is -2.40. The fourth-order valence-electron chi connectivity index (χ4n) is 2.62. The topological polar surface area (TPSA) is 41.5 Å². The second kappa shape index (κ2) is 6.21. The van der Waals surface area contributed by atoms with Crippen molar-refractivity contribution in [1.82, 2.24) is 5.32 Å². The molecule has 0 radical (unpaired) electrons. The molecule has 3 heteroatoms. The third-order valence-electron chi connectivity index (χ3n) is 3.69. The molecule has 2 rings (SSSR count). The van der Waals surface area contributed by atoms with E-state index in [4.69, 9.17) is 4.74 Å². The van der Waals surface area contributed by atoms with E-state index in [2.05, 4.69) is 19.2 Å². The number of hydrogen-bond acceptors (Lipinski definition) is 3. The second-order valence-corrected chi connectivity index (χ2v) is 5.05. The van der Waals surface area contributed by atoms with Crippen molar-refractivity contribution in [3.63, 3.8) is 0 Å². The number of aromatic hydroxyl groups is 1. The lowest BCUT2D eigenvalue weighted by molar-refractivity contribution is 0.0735. The molecule has 0 bridgehead atoms. The van der Waals surface area contributed by atoms with Gasteiger partial charge in [0.15, 0.2) is 0 Å². The maximum absolute atomic E-state index is 9.51. The first-order valence-corrected chi connectivity index (χ1v) is 6.87. The molecule has 0 saturated carbocycles. The monoisotopic (exact) mass is 249 g/mol. The van der Waals surface area contributed by atoms with Crippen molar-refractivity contribution < 1.29 is 9.84 Å². The standard InChI is InChI=1S/C15H23NO2/c1-3-14(15-8-5-9-18-15)16-11(2)12-6-4-7-13(17)10-12/h4,6-7,10-11,14-17H,3,5,8-9H2,1-2H3/t11-,14-,15-/m0/s1. The van der Waals surface area contributed by atoms with Crippen molar-refractivity contribution in [1.29, 1.82) is 0 Å². The van der Waals surface area contributed by atoms with Crippen LogP contribution >= 0.6 is 0 Å². The SMILES string of the molecule is CC[C@H](N[C@@H](C)c1cccc(O)c1)[C@@H]1CCCO1. The van der Waals surface area contributed by atoms with Crippen molar-refractivity contribution in [2.75, 3.05) is 6.61 Å². The van der Waals surface area contributed by atoms with Crippen LogP contribution in [0.25, 0.3) is 0 Å². The molecular formula is C15H23NO2. The minimum absolute atomic E-state index is 0.228. The van der Waals surface area contributed by atoms with E-state index in [1.165, 1.54) is 6.42 Å². The number of nitrogens with one attached hydrogen (secondary N) is 1. The van der Waals surface area contributed by atoms with Crippen LogP contribution in [-0.2, 0) is 4.74 Å². The molecule has 1 fully saturated rings. The molecule has 0 spiro atoms.